The Labute approximate surface area is 124 Å². The second-order valence-corrected chi connectivity index (χ2v) is 5.81. The molecule has 2 rings (SSSR count). The molecule has 0 aliphatic carbocycles. The lowest BCUT2D eigenvalue weighted by atomic mass is 9.91. The van der Waals surface area contributed by atoms with E-state index in [0.717, 1.165) is 12.1 Å². The molecule has 2 heterocycles. The average molecular weight is 294 g/mol. The van der Waals surface area contributed by atoms with Crippen molar-refractivity contribution in [1.82, 2.24) is 10.1 Å². The number of carbonyl (C=O) groups is 2. The Balaban J connectivity index is 2.24. The van der Waals surface area contributed by atoms with Crippen LogP contribution in [0.5, 0.6) is 0 Å². The Morgan fingerprint density at radius 2 is 2.19 bits per heavy atom. The van der Waals surface area contributed by atoms with Gasteiger partial charge in [0.2, 0.25) is 5.91 Å². The summed E-state index contributed by atoms with van der Waals surface area (Å²) in [6.07, 6.45) is 1.46. The van der Waals surface area contributed by atoms with E-state index in [0.29, 0.717) is 18.7 Å². The van der Waals surface area contributed by atoms with E-state index in [2.05, 4.69) is 5.16 Å². The maximum atomic E-state index is 12.9. The van der Waals surface area contributed by atoms with Gasteiger partial charge in [0.1, 0.15) is 17.7 Å². The maximum absolute atomic E-state index is 12.9. The topological polar surface area (TPSA) is 72.6 Å². The molecule has 6 nitrogen and oxygen atoms in total. The highest BCUT2D eigenvalue weighted by atomic mass is 16.5. The van der Waals surface area contributed by atoms with Crippen molar-refractivity contribution in [1.29, 1.82) is 0 Å². The number of ether oxygens (including phenoxy) is 1. The summed E-state index contributed by atoms with van der Waals surface area (Å²) in [5.74, 6) is -0.241. The Bertz CT molecular complexity index is 523. The number of methoxy groups -OCH3 is 1. The predicted molar refractivity (Wildman–Crippen MR) is 75.6 cm³/mol. The van der Waals surface area contributed by atoms with Crippen LogP contribution in [-0.4, -0.2) is 41.6 Å². The fraction of sp³-hybridized carbons (Fsp3) is 0.667. The lowest BCUT2D eigenvalue weighted by Crippen LogP contribution is -2.44. The number of aryl methyl sites for hydroxylation is 1. The third-order valence-corrected chi connectivity index (χ3v) is 3.89. The molecule has 2 atom stereocenters. The second-order valence-electron chi connectivity index (χ2n) is 5.81. The van der Waals surface area contributed by atoms with Crippen molar-refractivity contribution in [3.63, 3.8) is 0 Å². The van der Waals surface area contributed by atoms with Crippen LogP contribution in [-0.2, 0) is 14.3 Å². The molecular weight excluding hydrogens is 272 g/mol. The molecule has 1 fully saturated rings. The van der Waals surface area contributed by atoms with Crippen LogP contribution in [0.15, 0.2) is 10.6 Å². The summed E-state index contributed by atoms with van der Waals surface area (Å²) in [6.45, 7) is 6.32. The number of hydrogen-bond donors (Lipinski definition) is 0. The van der Waals surface area contributed by atoms with E-state index in [1.807, 2.05) is 20.8 Å². The van der Waals surface area contributed by atoms with Gasteiger partial charge in [-0.25, -0.2) is 4.79 Å². The summed E-state index contributed by atoms with van der Waals surface area (Å²) in [5.41, 5.74) is 0.745. The van der Waals surface area contributed by atoms with Crippen LogP contribution in [0.4, 0.5) is 0 Å². The summed E-state index contributed by atoms with van der Waals surface area (Å²) in [7, 11) is 1.35. The van der Waals surface area contributed by atoms with Crippen LogP contribution < -0.4 is 0 Å². The minimum atomic E-state index is -0.479. The molecule has 1 aromatic rings. The van der Waals surface area contributed by atoms with Crippen molar-refractivity contribution in [2.24, 2.45) is 5.92 Å². The van der Waals surface area contributed by atoms with Gasteiger partial charge in [0.05, 0.1) is 12.8 Å². The van der Waals surface area contributed by atoms with E-state index in [1.54, 1.807) is 11.0 Å². The quantitative estimate of drug-likeness (QED) is 0.793. The summed E-state index contributed by atoms with van der Waals surface area (Å²) < 4.78 is 10.1. The zero-order chi connectivity index (χ0) is 15.6. The van der Waals surface area contributed by atoms with Crippen LogP contribution in [0.3, 0.4) is 0 Å². The third kappa shape index (κ3) is 3.09. The number of amides is 1. The molecular formula is C15H22N2O4. The van der Waals surface area contributed by atoms with Crippen LogP contribution in [0.25, 0.3) is 0 Å². The molecule has 0 aromatic carbocycles. The standard InChI is InChI=1S/C15H22N2O4/c1-9(2)13(12-8-10(3)16-21-12)14(18)17-7-5-6-11(17)15(19)20-4/h8-9,11,13H,5-7H2,1-4H3/t11-,13?/m0/s1. The first-order chi connectivity index (χ1) is 9.95. The van der Waals surface area contributed by atoms with Gasteiger partial charge in [0, 0.05) is 12.6 Å². The Morgan fingerprint density at radius 1 is 1.48 bits per heavy atom. The van der Waals surface area contributed by atoms with Crippen LogP contribution in [0.1, 0.15) is 44.1 Å². The molecule has 0 saturated carbocycles. The molecule has 0 spiro atoms. The van der Waals surface area contributed by atoms with Crippen LogP contribution in [0, 0.1) is 12.8 Å². The fourth-order valence-corrected chi connectivity index (χ4v) is 2.86. The Hall–Kier alpha value is -1.85. The van der Waals surface area contributed by atoms with Crippen molar-refractivity contribution in [2.45, 2.75) is 45.6 Å². The molecule has 21 heavy (non-hydrogen) atoms. The smallest absolute Gasteiger partial charge is 0.328 e. The van der Waals surface area contributed by atoms with Crippen molar-refractivity contribution in [3.05, 3.63) is 17.5 Å². The van der Waals surface area contributed by atoms with Crippen molar-refractivity contribution >= 4 is 11.9 Å². The Kier molecular flexibility index (Phi) is 4.65. The maximum Gasteiger partial charge on any atom is 0.328 e. The SMILES string of the molecule is COC(=O)[C@@H]1CCCN1C(=O)C(c1cc(C)no1)C(C)C. The van der Waals surface area contributed by atoms with Gasteiger partial charge >= 0.3 is 5.97 Å². The van der Waals surface area contributed by atoms with Crippen molar-refractivity contribution < 1.29 is 18.8 Å². The summed E-state index contributed by atoms with van der Waals surface area (Å²) in [6, 6.07) is 1.30. The van der Waals surface area contributed by atoms with Gasteiger partial charge in [-0.15, -0.1) is 0 Å². The van der Waals surface area contributed by atoms with Gasteiger partial charge in [-0.1, -0.05) is 19.0 Å². The number of hydrogen-bond acceptors (Lipinski definition) is 5. The minimum absolute atomic E-state index is 0.0590. The molecule has 6 heteroatoms. The molecule has 1 aromatic heterocycles. The van der Waals surface area contributed by atoms with E-state index < -0.39 is 12.0 Å². The second kappa shape index (κ2) is 6.28. The van der Waals surface area contributed by atoms with Crippen molar-refractivity contribution in [2.75, 3.05) is 13.7 Å². The lowest BCUT2D eigenvalue weighted by molar-refractivity contribution is -0.152. The highest BCUT2D eigenvalue weighted by Crippen LogP contribution is 2.31. The zero-order valence-corrected chi connectivity index (χ0v) is 13.0. The highest BCUT2D eigenvalue weighted by molar-refractivity contribution is 5.89. The first-order valence-corrected chi connectivity index (χ1v) is 7.27. The van der Waals surface area contributed by atoms with Crippen molar-refractivity contribution in [3.8, 4) is 0 Å². The number of likely N-dealkylation sites (tertiary alicyclic amines) is 1. The largest absolute Gasteiger partial charge is 0.467 e. The molecule has 0 N–H and O–H groups in total. The van der Waals surface area contributed by atoms with E-state index in [-0.39, 0.29) is 17.8 Å². The number of carbonyl (C=O) groups excluding carboxylic acids is 2. The molecule has 1 unspecified atom stereocenters. The number of aromatic nitrogens is 1. The van der Waals surface area contributed by atoms with Crippen LogP contribution >= 0.6 is 0 Å². The normalized spacial score (nSPS) is 19.9. The monoisotopic (exact) mass is 294 g/mol. The van der Waals surface area contributed by atoms with Gasteiger partial charge in [0.15, 0.2) is 0 Å². The van der Waals surface area contributed by atoms with Gasteiger partial charge < -0.3 is 14.2 Å². The third-order valence-electron chi connectivity index (χ3n) is 3.89. The summed E-state index contributed by atoms with van der Waals surface area (Å²) in [4.78, 5) is 26.3. The van der Waals surface area contributed by atoms with E-state index in [4.69, 9.17) is 9.26 Å². The number of nitrogens with zero attached hydrogens (tertiary/aromatic N) is 2. The first kappa shape index (κ1) is 15.5. The lowest BCUT2D eigenvalue weighted by Gasteiger charge is -2.28. The molecule has 1 amide bonds. The highest BCUT2D eigenvalue weighted by Gasteiger charge is 2.40. The van der Waals surface area contributed by atoms with Gasteiger partial charge in [-0.05, 0) is 25.7 Å². The molecule has 0 radical (unpaired) electrons. The summed E-state index contributed by atoms with van der Waals surface area (Å²) in [5, 5.41) is 3.86. The predicted octanol–water partition coefficient (Wildman–Crippen LogP) is 1.89. The van der Waals surface area contributed by atoms with E-state index in [9.17, 15) is 9.59 Å². The van der Waals surface area contributed by atoms with Gasteiger partial charge in [0.25, 0.3) is 0 Å². The number of rotatable bonds is 4. The minimum Gasteiger partial charge on any atom is -0.467 e. The molecule has 116 valence electrons. The molecule has 1 aliphatic rings. The fourth-order valence-electron chi connectivity index (χ4n) is 2.86. The van der Waals surface area contributed by atoms with Gasteiger partial charge in [-0.2, -0.15) is 0 Å². The first-order valence-electron chi connectivity index (χ1n) is 7.27. The Morgan fingerprint density at radius 3 is 2.71 bits per heavy atom. The zero-order valence-electron chi connectivity index (χ0n) is 13.0. The van der Waals surface area contributed by atoms with Crippen LogP contribution in [0.2, 0.25) is 0 Å². The van der Waals surface area contributed by atoms with E-state index in [1.165, 1.54) is 7.11 Å². The number of esters is 1. The van der Waals surface area contributed by atoms with Gasteiger partial charge in [-0.3, -0.25) is 4.79 Å². The molecule has 0 bridgehead atoms. The van der Waals surface area contributed by atoms with E-state index >= 15 is 0 Å². The molecule has 1 saturated heterocycles. The average Bonchev–Trinajstić information content (AvgIpc) is 3.06. The summed E-state index contributed by atoms with van der Waals surface area (Å²) >= 11 is 0. The molecule has 1 aliphatic heterocycles.